The van der Waals surface area contributed by atoms with Crippen LogP contribution in [0.3, 0.4) is 0 Å². The molecule has 0 amide bonds. The van der Waals surface area contributed by atoms with E-state index in [1.807, 2.05) is 42.6 Å². The summed E-state index contributed by atoms with van der Waals surface area (Å²) < 4.78 is 1.67. The smallest absolute Gasteiger partial charge is 0.263 e. The summed E-state index contributed by atoms with van der Waals surface area (Å²) in [6, 6.07) is 13.7. The molecule has 4 heterocycles. The molecule has 0 spiro atoms. The lowest BCUT2D eigenvalue weighted by atomic mass is 10.2. The van der Waals surface area contributed by atoms with Gasteiger partial charge in [-0.2, -0.15) is 10.1 Å². The molecule has 29 heavy (non-hydrogen) atoms. The van der Waals surface area contributed by atoms with Crippen LogP contribution in [0.5, 0.6) is 0 Å². The number of aromatic nitrogens is 5. The van der Waals surface area contributed by atoms with Gasteiger partial charge in [-0.1, -0.05) is 18.2 Å². The first kappa shape index (κ1) is 17.4. The van der Waals surface area contributed by atoms with Crippen molar-refractivity contribution in [3.05, 3.63) is 70.8 Å². The molecule has 8 nitrogen and oxygen atoms in total. The fourth-order valence-corrected chi connectivity index (χ4v) is 3.64. The number of aromatic amines is 1. The topological polar surface area (TPSA) is 91.7 Å². The SMILES string of the molecule is O=c1[nH]c(NCc2ccnc(N3CCCC3)c2)nc2c1cnn2-c1ccccc1. The van der Waals surface area contributed by atoms with Gasteiger partial charge in [-0.15, -0.1) is 0 Å². The minimum Gasteiger partial charge on any atom is -0.357 e. The Labute approximate surface area is 167 Å². The van der Waals surface area contributed by atoms with E-state index in [4.69, 9.17) is 0 Å². The van der Waals surface area contributed by atoms with Crippen LogP contribution in [0.15, 0.2) is 59.7 Å². The molecule has 4 aromatic rings. The molecule has 1 fully saturated rings. The Balaban J connectivity index is 1.41. The lowest BCUT2D eigenvalue weighted by molar-refractivity contribution is 0.893. The Morgan fingerprint density at radius 3 is 2.76 bits per heavy atom. The summed E-state index contributed by atoms with van der Waals surface area (Å²) in [6.45, 7) is 2.65. The van der Waals surface area contributed by atoms with Gasteiger partial charge in [-0.3, -0.25) is 9.78 Å². The molecule has 1 aliphatic rings. The largest absolute Gasteiger partial charge is 0.357 e. The third kappa shape index (κ3) is 3.44. The second-order valence-electron chi connectivity index (χ2n) is 7.11. The van der Waals surface area contributed by atoms with E-state index in [2.05, 4.69) is 36.3 Å². The first-order valence-electron chi connectivity index (χ1n) is 9.75. The number of fused-ring (bicyclic) bond motifs is 1. The molecule has 0 radical (unpaired) electrons. The van der Waals surface area contributed by atoms with Crippen molar-refractivity contribution in [2.75, 3.05) is 23.3 Å². The first-order valence-corrected chi connectivity index (χ1v) is 9.75. The van der Waals surface area contributed by atoms with Gasteiger partial charge in [0.25, 0.3) is 5.56 Å². The van der Waals surface area contributed by atoms with Crippen LogP contribution in [0.4, 0.5) is 11.8 Å². The average molecular weight is 387 g/mol. The van der Waals surface area contributed by atoms with E-state index in [9.17, 15) is 4.79 Å². The van der Waals surface area contributed by atoms with Crippen LogP contribution in [0.1, 0.15) is 18.4 Å². The number of anilines is 2. The summed E-state index contributed by atoms with van der Waals surface area (Å²) in [6.07, 6.45) is 5.80. The number of benzene rings is 1. The first-order chi connectivity index (χ1) is 14.3. The number of nitrogens with zero attached hydrogens (tertiary/aromatic N) is 5. The van der Waals surface area contributed by atoms with Gasteiger partial charge >= 0.3 is 0 Å². The molecular formula is C21H21N7O. The summed E-state index contributed by atoms with van der Waals surface area (Å²) >= 11 is 0. The predicted octanol–water partition coefficient (Wildman–Crippen LogP) is 2.72. The molecule has 8 heteroatoms. The molecular weight excluding hydrogens is 366 g/mol. The lowest BCUT2D eigenvalue weighted by Gasteiger charge is -2.17. The van der Waals surface area contributed by atoms with Crippen molar-refractivity contribution < 1.29 is 0 Å². The minimum absolute atomic E-state index is 0.216. The number of para-hydroxylation sites is 1. The Morgan fingerprint density at radius 1 is 1.10 bits per heavy atom. The zero-order valence-corrected chi connectivity index (χ0v) is 15.9. The third-order valence-corrected chi connectivity index (χ3v) is 5.14. The highest BCUT2D eigenvalue weighted by molar-refractivity contribution is 5.76. The molecule has 1 saturated heterocycles. The summed E-state index contributed by atoms with van der Waals surface area (Å²) in [5, 5.41) is 8.02. The highest BCUT2D eigenvalue weighted by Gasteiger charge is 2.14. The van der Waals surface area contributed by atoms with E-state index < -0.39 is 0 Å². The van der Waals surface area contributed by atoms with E-state index in [1.54, 1.807) is 10.9 Å². The van der Waals surface area contributed by atoms with Gasteiger partial charge in [0.1, 0.15) is 11.2 Å². The summed E-state index contributed by atoms with van der Waals surface area (Å²) in [5.74, 6) is 1.42. The summed E-state index contributed by atoms with van der Waals surface area (Å²) in [7, 11) is 0. The molecule has 1 aliphatic heterocycles. The van der Waals surface area contributed by atoms with Crippen LogP contribution >= 0.6 is 0 Å². The van der Waals surface area contributed by atoms with Crippen LogP contribution < -0.4 is 15.8 Å². The van der Waals surface area contributed by atoms with Gasteiger partial charge in [0.2, 0.25) is 5.95 Å². The normalized spacial score (nSPS) is 13.9. The van der Waals surface area contributed by atoms with Gasteiger partial charge in [0.05, 0.1) is 11.9 Å². The molecule has 2 N–H and O–H groups in total. The Bertz CT molecular complexity index is 1190. The number of hydrogen-bond donors (Lipinski definition) is 2. The zero-order chi connectivity index (χ0) is 19.6. The van der Waals surface area contributed by atoms with Gasteiger partial charge in [0, 0.05) is 25.8 Å². The van der Waals surface area contributed by atoms with Crippen molar-refractivity contribution >= 4 is 22.8 Å². The van der Waals surface area contributed by atoms with Crippen molar-refractivity contribution in [1.29, 1.82) is 0 Å². The minimum atomic E-state index is -0.216. The van der Waals surface area contributed by atoms with Gasteiger partial charge in [-0.25, -0.2) is 9.67 Å². The molecule has 3 aromatic heterocycles. The second kappa shape index (κ2) is 7.38. The molecule has 146 valence electrons. The molecule has 5 rings (SSSR count). The van der Waals surface area contributed by atoms with Crippen molar-refractivity contribution in [3.8, 4) is 5.69 Å². The molecule has 0 atom stereocenters. The third-order valence-electron chi connectivity index (χ3n) is 5.14. The number of rotatable bonds is 5. The molecule has 0 aliphatic carbocycles. The number of nitrogens with one attached hydrogen (secondary N) is 2. The van der Waals surface area contributed by atoms with Crippen molar-refractivity contribution in [2.24, 2.45) is 0 Å². The van der Waals surface area contributed by atoms with Gasteiger partial charge in [-0.05, 0) is 42.7 Å². The molecule has 0 saturated carbocycles. The summed E-state index contributed by atoms with van der Waals surface area (Å²) in [5.41, 5.74) is 2.25. The van der Waals surface area contributed by atoms with Gasteiger partial charge < -0.3 is 10.2 Å². The molecule has 1 aromatic carbocycles. The molecule has 0 unspecified atom stereocenters. The van der Waals surface area contributed by atoms with E-state index in [-0.39, 0.29) is 5.56 Å². The standard InChI is InChI=1S/C21H21N7O/c29-20-17-14-24-28(16-6-2-1-3-7-16)19(17)25-21(26-20)23-13-15-8-9-22-18(12-15)27-10-4-5-11-27/h1-3,6-9,12,14H,4-5,10-11,13H2,(H2,23,25,26,29). The maximum Gasteiger partial charge on any atom is 0.263 e. The number of hydrogen-bond acceptors (Lipinski definition) is 6. The highest BCUT2D eigenvalue weighted by atomic mass is 16.1. The van der Waals surface area contributed by atoms with Crippen LogP contribution in [0.25, 0.3) is 16.7 Å². The monoisotopic (exact) mass is 387 g/mol. The van der Waals surface area contributed by atoms with Crippen LogP contribution in [0, 0.1) is 0 Å². The van der Waals surface area contributed by atoms with Gasteiger partial charge in [0.15, 0.2) is 5.65 Å². The van der Waals surface area contributed by atoms with E-state index >= 15 is 0 Å². The zero-order valence-electron chi connectivity index (χ0n) is 15.9. The lowest BCUT2D eigenvalue weighted by Crippen LogP contribution is -2.19. The fraction of sp³-hybridized carbons (Fsp3) is 0.238. The van der Waals surface area contributed by atoms with Crippen LogP contribution in [-0.2, 0) is 6.54 Å². The van der Waals surface area contributed by atoms with Crippen LogP contribution in [-0.4, -0.2) is 37.8 Å². The average Bonchev–Trinajstić information content (AvgIpc) is 3.44. The number of pyridine rings is 1. The fourth-order valence-electron chi connectivity index (χ4n) is 3.64. The Kier molecular flexibility index (Phi) is 4.44. The van der Waals surface area contributed by atoms with Crippen molar-refractivity contribution in [3.63, 3.8) is 0 Å². The molecule has 0 bridgehead atoms. The predicted molar refractivity (Wildman–Crippen MR) is 112 cm³/mol. The van der Waals surface area contributed by atoms with E-state index in [1.165, 1.54) is 12.8 Å². The van der Waals surface area contributed by atoms with E-state index in [0.29, 0.717) is 23.5 Å². The Hall–Kier alpha value is -3.68. The van der Waals surface area contributed by atoms with Crippen LogP contribution in [0.2, 0.25) is 0 Å². The number of H-pyrrole nitrogens is 1. The van der Waals surface area contributed by atoms with Crippen molar-refractivity contribution in [2.45, 2.75) is 19.4 Å². The quantitative estimate of drug-likeness (QED) is 0.547. The maximum absolute atomic E-state index is 12.5. The maximum atomic E-state index is 12.5. The highest BCUT2D eigenvalue weighted by Crippen LogP contribution is 2.19. The van der Waals surface area contributed by atoms with Crippen molar-refractivity contribution in [1.82, 2.24) is 24.7 Å². The van der Waals surface area contributed by atoms with E-state index in [0.717, 1.165) is 30.2 Å². The second-order valence-corrected chi connectivity index (χ2v) is 7.11. The summed E-state index contributed by atoms with van der Waals surface area (Å²) in [4.78, 5) is 26.7. The Morgan fingerprint density at radius 2 is 1.93 bits per heavy atom.